The summed E-state index contributed by atoms with van der Waals surface area (Å²) in [5, 5.41) is 3.32. The Hall–Kier alpha value is 0.668. The average Bonchev–Trinajstić information content (AvgIpc) is 2.34. The molecule has 0 bridgehead atoms. The monoisotopic (exact) mass is 412 g/mol. The van der Waals surface area contributed by atoms with Crippen LogP contribution in [0.5, 0.6) is 0 Å². The van der Waals surface area contributed by atoms with Crippen LogP contribution in [0.4, 0.5) is 0 Å². The smallest absolute Gasteiger partial charge is 0.357 e. The molecule has 24 heavy (non-hydrogen) atoms. The molecule has 0 spiro atoms. The first-order valence-corrected chi connectivity index (χ1v) is 21.2. The zero-order chi connectivity index (χ0) is 19.4. The van der Waals surface area contributed by atoms with Gasteiger partial charge in [-0.15, -0.1) is 0 Å². The first-order valence-electron chi connectivity index (χ1n) is 9.20. The Bertz CT molecular complexity index is 308. The highest BCUT2D eigenvalue weighted by molar-refractivity contribution is 6.81. The molecule has 0 aliphatic carbocycles. The summed E-state index contributed by atoms with van der Waals surface area (Å²) in [6.45, 7) is 24.4. The van der Waals surface area contributed by atoms with Crippen LogP contribution in [0.25, 0.3) is 0 Å². The van der Waals surface area contributed by atoms with Gasteiger partial charge in [0.25, 0.3) is 0 Å². The fraction of sp³-hybridized carbons (Fsp3) is 1.00. The number of nitrogens with one attached hydrogen (secondary N) is 1. The fourth-order valence-electron chi connectivity index (χ4n) is 2.03. The van der Waals surface area contributed by atoms with Gasteiger partial charge in [-0.05, 0) is 64.8 Å². The first kappa shape index (κ1) is 26.9. The maximum absolute atomic E-state index is 5.97. The van der Waals surface area contributed by atoms with Gasteiger partial charge in [0.1, 0.15) is 0 Å². The molecule has 1 atom stereocenters. The van der Waals surface area contributed by atoms with Crippen LogP contribution in [0.2, 0.25) is 65.0 Å². The Morgan fingerprint density at radius 3 is 1.88 bits per heavy atom. The Kier molecular flexibility index (Phi) is 14.5. The quantitative estimate of drug-likeness (QED) is 0.236. The summed E-state index contributed by atoms with van der Waals surface area (Å²) in [6, 6.07) is 1.46. The molecule has 0 aromatic carbocycles. The summed E-state index contributed by atoms with van der Waals surface area (Å²) in [4.78, 5) is 0. The Labute approximate surface area is 156 Å². The molecule has 0 amide bonds. The second kappa shape index (κ2) is 12.9. The zero-order valence-electron chi connectivity index (χ0n) is 17.9. The van der Waals surface area contributed by atoms with Gasteiger partial charge in [0.2, 0.25) is 8.32 Å². The van der Waals surface area contributed by atoms with Crippen LogP contribution in [0.1, 0.15) is 6.92 Å². The number of hydrogen-bond acceptors (Lipinski definition) is 5. The van der Waals surface area contributed by atoms with E-state index in [2.05, 4.69) is 58.1 Å². The first-order chi connectivity index (χ1) is 10.7. The van der Waals surface area contributed by atoms with Crippen molar-refractivity contribution >= 4 is 34.7 Å². The van der Waals surface area contributed by atoms with Crippen LogP contribution in [0, 0.1) is 5.92 Å². The summed E-state index contributed by atoms with van der Waals surface area (Å²) in [5.74, 6) is 0.864. The van der Waals surface area contributed by atoms with Gasteiger partial charge in [-0.1, -0.05) is 19.5 Å². The van der Waals surface area contributed by atoms with Crippen LogP contribution in [0.3, 0.4) is 0 Å². The predicted octanol–water partition coefficient (Wildman–Crippen LogP) is 3.13. The van der Waals surface area contributed by atoms with Crippen LogP contribution < -0.4 is 11.1 Å². The Morgan fingerprint density at radius 1 is 0.958 bits per heavy atom. The van der Waals surface area contributed by atoms with E-state index >= 15 is 0 Å². The van der Waals surface area contributed by atoms with Crippen LogP contribution >= 0.6 is 0 Å². The lowest BCUT2D eigenvalue weighted by molar-refractivity contribution is -0.137. The number of rotatable bonds is 11. The molecular formula is C15H44N2O3Si4. The van der Waals surface area contributed by atoms with Crippen molar-refractivity contribution in [2.45, 2.75) is 71.9 Å². The van der Waals surface area contributed by atoms with Gasteiger partial charge in [-0.25, -0.2) is 0 Å². The standard InChI is InChI=1S/C8H24O3Si3.C7H20N2Si/c1-12(2,3)9-10-14(7,8)11-13(4,5)6;1-7(6-10-2)5-9-4-3-8/h1-8H3;7,9H,3-6,8,10H2,1-2H3. The molecule has 0 saturated heterocycles. The van der Waals surface area contributed by atoms with Crippen molar-refractivity contribution in [3.63, 3.8) is 0 Å². The van der Waals surface area contributed by atoms with Crippen molar-refractivity contribution in [1.82, 2.24) is 5.32 Å². The van der Waals surface area contributed by atoms with Gasteiger partial charge in [0.05, 0.1) is 0 Å². The molecule has 3 N–H and O–H groups in total. The van der Waals surface area contributed by atoms with Crippen LogP contribution in [-0.4, -0.2) is 54.3 Å². The van der Waals surface area contributed by atoms with E-state index in [4.69, 9.17) is 19.0 Å². The second-order valence-corrected chi connectivity index (χ2v) is 22.8. The molecule has 1 unspecified atom stereocenters. The van der Waals surface area contributed by atoms with E-state index in [9.17, 15) is 0 Å². The number of hydrogen-bond donors (Lipinski definition) is 2. The minimum Gasteiger partial charge on any atom is -0.435 e. The van der Waals surface area contributed by atoms with E-state index in [1.165, 1.54) is 6.04 Å². The van der Waals surface area contributed by atoms with Crippen LogP contribution in [-0.2, 0) is 13.3 Å². The minimum absolute atomic E-state index is 0.261. The normalized spacial score (nSPS) is 14.6. The van der Waals surface area contributed by atoms with Crippen molar-refractivity contribution in [2.75, 3.05) is 19.6 Å². The van der Waals surface area contributed by atoms with Crippen LogP contribution in [0.15, 0.2) is 0 Å². The predicted molar refractivity (Wildman–Crippen MR) is 118 cm³/mol. The highest BCUT2D eigenvalue weighted by Crippen LogP contribution is 2.17. The van der Waals surface area contributed by atoms with E-state index in [-0.39, 0.29) is 9.52 Å². The van der Waals surface area contributed by atoms with Crippen molar-refractivity contribution in [3.05, 3.63) is 0 Å². The second-order valence-electron chi connectivity index (χ2n) is 8.78. The molecule has 0 aliphatic rings. The summed E-state index contributed by atoms with van der Waals surface area (Å²) in [7, 11) is -4.92. The van der Waals surface area contributed by atoms with Gasteiger partial charge in [-0.3, -0.25) is 9.15 Å². The van der Waals surface area contributed by atoms with E-state index in [1.54, 1.807) is 0 Å². The van der Waals surface area contributed by atoms with Crippen molar-refractivity contribution in [1.29, 1.82) is 0 Å². The lowest BCUT2D eigenvalue weighted by Gasteiger charge is -2.31. The lowest BCUT2D eigenvalue weighted by Crippen LogP contribution is -2.46. The molecule has 148 valence electrons. The number of nitrogens with two attached hydrogens (primary N) is 1. The highest BCUT2D eigenvalue weighted by Gasteiger charge is 2.34. The molecule has 0 radical (unpaired) electrons. The van der Waals surface area contributed by atoms with E-state index in [0.29, 0.717) is 0 Å². The van der Waals surface area contributed by atoms with E-state index in [0.717, 1.165) is 25.6 Å². The molecule has 0 rings (SSSR count). The zero-order valence-corrected chi connectivity index (χ0v) is 22.3. The molecule has 0 heterocycles. The van der Waals surface area contributed by atoms with Gasteiger partial charge >= 0.3 is 8.56 Å². The van der Waals surface area contributed by atoms with Gasteiger partial charge in [-0.2, -0.15) is 0 Å². The van der Waals surface area contributed by atoms with Crippen molar-refractivity contribution in [2.24, 2.45) is 11.7 Å². The maximum atomic E-state index is 5.97. The Balaban J connectivity index is 0. The summed E-state index contributed by atoms with van der Waals surface area (Å²) in [6.07, 6.45) is 0. The van der Waals surface area contributed by atoms with Crippen molar-refractivity contribution in [3.8, 4) is 0 Å². The third-order valence-electron chi connectivity index (χ3n) is 2.64. The molecule has 5 nitrogen and oxygen atoms in total. The van der Waals surface area contributed by atoms with Gasteiger partial charge in [0.15, 0.2) is 8.32 Å². The summed E-state index contributed by atoms with van der Waals surface area (Å²) < 4.78 is 16.9. The lowest BCUT2D eigenvalue weighted by atomic mass is 10.2. The molecule has 0 aromatic heterocycles. The molecule has 0 aromatic rings. The summed E-state index contributed by atoms with van der Waals surface area (Å²) in [5.41, 5.74) is 5.33. The molecule has 0 aliphatic heterocycles. The average molecular weight is 413 g/mol. The third kappa shape index (κ3) is 22.7. The van der Waals surface area contributed by atoms with E-state index in [1.807, 2.05) is 13.1 Å². The fourth-order valence-corrected chi connectivity index (χ4v) is 11.1. The molecule has 0 saturated carbocycles. The van der Waals surface area contributed by atoms with Gasteiger partial charge < -0.3 is 15.2 Å². The largest absolute Gasteiger partial charge is 0.435 e. The summed E-state index contributed by atoms with van der Waals surface area (Å²) >= 11 is 0. The third-order valence-corrected chi connectivity index (χ3v) is 9.85. The molecular weight excluding hydrogens is 369 g/mol. The van der Waals surface area contributed by atoms with Gasteiger partial charge in [0, 0.05) is 22.6 Å². The minimum atomic E-state index is -2.07. The highest BCUT2D eigenvalue weighted by atomic mass is 28.4. The molecule has 0 fully saturated rings. The SMILES string of the molecule is C[SiH2]CC(C)CNCCN.C[Si](C)(C)OO[Si](C)(C)O[Si](C)(C)C. The van der Waals surface area contributed by atoms with Crippen molar-refractivity contribution < 1.29 is 13.3 Å². The Morgan fingerprint density at radius 2 is 1.50 bits per heavy atom. The molecule has 9 heteroatoms. The van der Waals surface area contributed by atoms with E-state index < -0.39 is 25.2 Å². The topological polar surface area (TPSA) is 65.7 Å². The maximum Gasteiger partial charge on any atom is 0.357 e.